The number of rotatable bonds is 6. The van der Waals surface area contributed by atoms with Crippen molar-refractivity contribution in [1.82, 2.24) is 10.3 Å². The summed E-state index contributed by atoms with van der Waals surface area (Å²) in [5.41, 5.74) is 2.83. The molecule has 1 heterocycles. The highest BCUT2D eigenvalue weighted by Gasteiger charge is 2.12. The number of nitrogens with two attached hydrogens (primary N) is 1. The number of hydrogen-bond donors (Lipinski definition) is 3. The lowest BCUT2D eigenvalue weighted by molar-refractivity contribution is 0.0937. The zero-order chi connectivity index (χ0) is 14.4. The van der Waals surface area contributed by atoms with Crippen molar-refractivity contribution >= 4 is 23.3 Å². The van der Waals surface area contributed by atoms with E-state index < -0.39 is 0 Å². The van der Waals surface area contributed by atoms with Gasteiger partial charge in [0.15, 0.2) is 0 Å². The number of pyridine rings is 1. The van der Waals surface area contributed by atoms with Crippen molar-refractivity contribution in [2.24, 2.45) is 11.8 Å². The third kappa shape index (κ3) is 5.44. The first-order valence-electron chi connectivity index (χ1n) is 6.37. The van der Waals surface area contributed by atoms with Gasteiger partial charge in [-0.3, -0.25) is 4.79 Å². The molecule has 0 saturated heterocycles. The molecule has 106 valence electrons. The second kappa shape index (κ2) is 7.31. The quantitative estimate of drug-likeness (QED) is 0.426. The smallest absolute Gasteiger partial charge is 0.251 e. The molecule has 1 aromatic heterocycles. The summed E-state index contributed by atoms with van der Waals surface area (Å²) < 4.78 is 0. The van der Waals surface area contributed by atoms with Gasteiger partial charge in [0.25, 0.3) is 5.91 Å². The van der Waals surface area contributed by atoms with Gasteiger partial charge in [0.1, 0.15) is 11.0 Å². The van der Waals surface area contributed by atoms with Crippen molar-refractivity contribution < 1.29 is 4.79 Å². The molecule has 19 heavy (non-hydrogen) atoms. The normalized spacial score (nSPS) is 12.3. The summed E-state index contributed by atoms with van der Waals surface area (Å²) in [6.45, 7) is 6.32. The van der Waals surface area contributed by atoms with Crippen molar-refractivity contribution in [3.05, 3.63) is 22.8 Å². The Morgan fingerprint density at radius 3 is 2.63 bits per heavy atom. The largest absolute Gasteiger partial charge is 0.350 e. The van der Waals surface area contributed by atoms with Gasteiger partial charge in [-0.1, -0.05) is 25.4 Å². The van der Waals surface area contributed by atoms with Crippen LogP contribution in [0.5, 0.6) is 0 Å². The fourth-order valence-electron chi connectivity index (χ4n) is 1.66. The predicted molar refractivity (Wildman–Crippen MR) is 78.1 cm³/mol. The first-order valence-corrected chi connectivity index (χ1v) is 6.75. The number of hydrogen-bond acceptors (Lipinski definition) is 4. The SMILES string of the molecule is CC(C)CCC(C)NC(=O)c1cc(Cl)nc(NN)c1. The molecule has 4 N–H and O–H groups in total. The first-order chi connectivity index (χ1) is 8.92. The lowest BCUT2D eigenvalue weighted by atomic mass is 10.0. The van der Waals surface area contributed by atoms with Crippen molar-refractivity contribution in [2.75, 3.05) is 5.43 Å². The maximum absolute atomic E-state index is 12.1. The van der Waals surface area contributed by atoms with E-state index in [-0.39, 0.29) is 17.1 Å². The number of amides is 1. The van der Waals surface area contributed by atoms with Crippen LogP contribution < -0.4 is 16.6 Å². The highest BCUT2D eigenvalue weighted by molar-refractivity contribution is 6.29. The Balaban J connectivity index is 2.64. The van der Waals surface area contributed by atoms with E-state index in [1.54, 1.807) is 6.07 Å². The molecule has 1 amide bonds. The highest BCUT2D eigenvalue weighted by Crippen LogP contribution is 2.14. The molecule has 0 aliphatic rings. The number of aromatic nitrogens is 1. The molecule has 0 bridgehead atoms. The van der Waals surface area contributed by atoms with Crippen LogP contribution in [0.1, 0.15) is 44.0 Å². The third-order valence-electron chi connectivity index (χ3n) is 2.76. The summed E-state index contributed by atoms with van der Waals surface area (Å²) in [7, 11) is 0. The molecule has 0 aliphatic carbocycles. The van der Waals surface area contributed by atoms with Crippen LogP contribution in [0.15, 0.2) is 12.1 Å². The molecule has 6 heteroatoms. The van der Waals surface area contributed by atoms with Crippen molar-refractivity contribution in [2.45, 2.75) is 39.7 Å². The van der Waals surface area contributed by atoms with Crippen LogP contribution in [0.4, 0.5) is 5.82 Å². The van der Waals surface area contributed by atoms with E-state index in [1.807, 2.05) is 6.92 Å². The van der Waals surface area contributed by atoms with E-state index in [0.717, 1.165) is 12.8 Å². The summed E-state index contributed by atoms with van der Waals surface area (Å²) in [4.78, 5) is 16.0. The number of nitrogens with zero attached hydrogens (tertiary/aromatic N) is 1. The maximum Gasteiger partial charge on any atom is 0.251 e. The Bertz CT molecular complexity index is 437. The van der Waals surface area contributed by atoms with Crippen LogP contribution in [0.3, 0.4) is 0 Å². The Kier molecular flexibility index (Phi) is 6.05. The van der Waals surface area contributed by atoms with E-state index in [0.29, 0.717) is 17.3 Å². The molecular weight excluding hydrogens is 264 g/mol. The van der Waals surface area contributed by atoms with Gasteiger partial charge < -0.3 is 10.7 Å². The van der Waals surface area contributed by atoms with Gasteiger partial charge in [0.2, 0.25) is 0 Å². The maximum atomic E-state index is 12.1. The van der Waals surface area contributed by atoms with E-state index in [2.05, 4.69) is 29.6 Å². The number of carbonyl (C=O) groups excluding carboxylic acids is 1. The molecule has 0 fully saturated rings. The molecule has 5 nitrogen and oxygen atoms in total. The van der Waals surface area contributed by atoms with Crippen LogP contribution in [0.2, 0.25) is 5.15 Å². The van der Waals surface area contributed by atoms with Crippen LogP contribution in [0, 0.1) is 5.92 Å². The minimum absolute atomic E-state index is 0.121. The molecule has 0 radical (unpaired) electrons. The van der Waals surface area contributed by atoms with Crippen LogP contribution in [-0.4, -0.2) is 16.9 Å². The van der Waals surface area contributed by atoms with Crippen LogP contribution >= 0.6 is 11.6 Å². The fraction of sp³-hybridized carbons (Fsp3) is 0.538. The zero-order valence-electron chi connectivity index (χ0n) is 11.5. The Morgan fingerprint density at radius 2 is 2.05 bits per heavy atom. The van der Waals surface area contributed by atoms with E-state index in [4.69, 9.17) is 17.4 Å². The van der Waals surface area contributed by atoms with E-state index in [9.17, 15) is 4.79 Å². The van der Waals surface area contributed by atoms with Gasteiger partial charge in [-0.15, -0.1) is 0 Å². The minimum Gasteiger partial charge on any atom is -0.350 e. The lowest BCUT2D eigenvalue weighted by Crippen LogP contribution is -2.32. The van der Waals surface area contributed by atoms with Gasteiger partial charge in [0, 0.05) is 11.6 Å². The minimum atomic E-state index is -0.169. The zero-order valence-corrected chi connectivity index (χ0v) is 12.3. The van der Waals surface area contributed by atoms with Crippen LogP contribution in [-0.2, 0) is 0 Å². The van der Waals surface area contributed by atoms with Gasteiger partial charge in [-0.25, -0.2) is 10.8 Å². The van der Waals surface area contributed by atoms with Crippen LogP contribution in [0.25, 0.3) is 0 Å². The molecule has 1 rings (SSSR count). The van der Waals surface area contributed by atoms with Crippen molar-refractivity contribution in [3.63, 3.8) is 0 Å². The molecule has 0 aromatic carbocycles. The molecular formula is C13H21ClN4O. The van der Waals surface area contributed by atoms with Crippen molar-refractivity contribution in [1.29, 1.82) is 0 Å². The van der Waals surface area contributed by atoms with Gasteiger partial charge in [0.05, 0.1) is 0 Å². The fourth-order valence-corrected chi connectivity index (χ4v) is 1.87. The van der Waals surface area contributed by atoms with Gasteiger partial charge in [-0.2, -0.15) is 0 Å². The molecule has 1 aromatic rings. The number of nitrogen functional groups attached to an aromatic ring is 1. The molecule has 0 spiro atoms. The van der Waals surface area contributed by atoms with Gasteiger partial charge >= 0.3 is 0 Å². The monoisotopic (exact) mass is 284 g/mol. The predicted octanol–water partition coefficient (Wildman–Crippen LogP) is 2.58. The number of carbonyl (C=O) groups is 1. The lowest BCUT2D eigenvalue weighted by Gasteiger charge is -2.15. The first kappa shape index (κ1) is 15.7. The third-order valence-corrected chi connectivity index (χ3v) is 2.95. The summed E-state index contributed by atoms with van der Waals surface area (Å²) >= 11 is 5.83. The summed E-state index contributed by atoms with van der Waals surface area (Å²) in [5, 5.41) is 3.17. The van der Waals surface area contributed by atoms with E-state index >= 15 is 0 Å². The summed E-state index contributed by atoms with van der Waals surface area (Å²) in [5.74, 6) is 6.09. The molecule has 1 atom stereocenters. The number of nitrogens with one attached hydrogen (secondary N) is 2. The average Bonchev–Trinajstić information content (AvgIpc) is 2.35. The number of halogens is 1. The topological polar surface area (TPSA) is 80.0 Å². The second-order valence-electron chi connectivity index (χ2n) is 5.05. The Morgan fingerprint density at radius 1 is 1.37 bits per heavy atom. The Hall–Kier alpha value is -1.33. The summed E-state index contributed by atoms with van der Waals surface area (Å²) in [6, 6.07) is 3.21. The summed E-state index contributed by atoms with van der Waals surface area (Å²) in [6.07, 6.45) is 2.03. The number of anilines is 1. The highest BCUT2D eigenvalue weighted by atomic mass is 35.5. The molecule has 0 saturated carbocycles. The van der Waals surface area contributed by atoms with Gasteiger partial charge in [-0.05, 0) is 37.8 Å². The number of hydrazine groups is 1. The average molecular weight is 285 g/mol. The van der Waals surface area contributed by atoms with E-state index in [1.165, 1.54) is 6.07 Å². The standard InChI is InChI=1S/C13H21ClN4O/c1-8(2)4-5-9(3)16-13(19)10-6-11(14)17-12(7-10)18-15/h6-9H,4-5,15H2,1-3H3,(H,16,19)(H,17,18). The molecule has 1 unspecified atom stereocenters. The molecule has 0 aliphatic heterocycles. The Labute approximate surface area is 118 Å². The van der Waals surface area contributed by atoms with Crippen molar-refractivity contribution in [3.8, 4) is 0 Å². The second-order valence-corrected chi connectivity index (χ2v) is 5.44.